The van der Waals surface area contributed by atoms with E-state index in [2.05, 4.69) is 37.2 Å². The molecule has 1 aliphatic rings. The van der Waals surface area contributed by atoms with Crippen LogP contribution in [-0.2, 0) is 13.1 Å². The van der Waals surface area contributed by atoms with Crippen molar-refractivity contribution in [3.63, 3.8) is 0 Å². The minimum absolute atomic E-state index is 0.106. The number of aromatic nitrogens is 5. The van der Waals surface area contributed by atoms with E-state index in [4.69, 9.17) is 10.5 Å². The molecule has 0 bridgehead atoms. The molecule has 0 amide bonds. The molecule has 10 heteroatoms. The zero-order valence-electron chi connectivity index (χ0n) is 18.7. The van der Waals surface area contributed by atoms with Gasteiger partial charge in [-0.15, -0.1) is 0 Å². The zero-order chi connectivity index (χ0) is 22.5. The van der Waals surface area contributed by atoms with Crippen molar-refractivity contribution in [2.24, 2.45) is 0 Å². The van der Waals surface area contributed by atoms with Crippen LogP contribution in [0.25, 0.3) is 10.9 Å². The molecular weight excluding hydrogens is 408 g/mol. The summed E-state index contributed by atoms with van der Waals surface area (Å²) in [5.41, 5.74) is 7.69. The first-order valence-electron chi connectivity index (χ1n) is 11.1. The van der Waals surface area contributed by atoms with E-state index in [9.17, 15) is 4.79 Å². The third-order valence-corrected chi connectivity index (χ3v) is 5.64. The van der Waals surface area contributed by atoms with Gasteiger partial charge in [0.1, 0.15) is 16.7 Å². The summed E-state index contributed by atoms with van der Waals surface area (Å²) in [6.07, 6.45) is 5.99. The predicted octanol–water partition coefficient (Wildman–Crippen LogP) is 2.03. The van der Waals surface area contributed by atoms with Gasteiger partial charge in [-0.05, 0) is 44.5 Å². The van der Waals surface area contributed by atoms with E-state index in [0.29, 0.717) is 29.1 Å². The van der Waals surface area contributed by atoms with Crippen molar-refractivity contribution in [1.82, 2.24) is 29.6 Å². The number of nitrogens with zero attached hydrogens (tertiary/aromatic N) is 6. The van der Waals surface area contributed by atoms with E-state index in [0.717, 1.165) is 43.7 Å². The largest absolute Gasteiger partial charge is 0.481 e. The Morgan fingerprint density at radius 3 is 2.72 bits per heavy atom. The molecule has 3 aromatic rings. The van der Waals surface area contributed by atoms with Crippen LogP contribution in [0.1, 0.15) is 43.9 Å². The molecule has 170 valence electrons. The third kappa shape index (κ3) is 4.80. The smallest absolute Gasteiger partial charge is 0.280 e. The fourth-order valence-electron chi connectivity index (χ4n) is 3.95. The Kier molecular flexibility index (Phi) is 6.79. The Balaban J connectivity index is 1.63. The fourth-order valence-corrected chi connectivity index (χ4v) is 3.95. The summed E-state index contributed by atoms with van der Waals surface area (Å²) in [6, 6.07) is 3.94. The van der Waals surface area contributed by atoms with Gasteiger partial charge in [-0.1, -0.05) is 13.3 Å². The number of nitrogen functional groups attached to an aromatic ring is 1. The summed E-state index contributed by atoms with van der Waals surface area (Å²) >= 11 is 0. The van der Waals surface area contributed by atoms with Crippen molar-refractivity contribution < 1.29 is 4.74 Å². The Bertz CT molecular complexity index is 1140. The van der Waals surface area contributed by atoms with Gasteiger partial charge in [0.05, 0.1) is 25.5 Å². The number of fused-ring (bicyclic) bond motifs is 1. The highest BCUT2D eigenvalue weighted by molar-refractivity contribution is 5.88. The lowest BCUT2D eigenvalue weighted by Crippen LogP contribution is -2.25. The minimum atomic E-state index is -0.287. The van der Waals surface area contributed by atoms with Crippen LogP contribution in [0.4, 0.5) is 11.8 Å². The van der Waals surface area contributed by atoms with Crippen LogP contribution in [0, 0.1) is 0 Å². The van der Waals surface area contributed by atoms with E-state index in [1.54, 1.807) is 13.3 Å². The van der Waals surface area contributed by atoms with Crippen LogP contribution in [0.2, 0.25) is 0 Å². The van der Waals surface area contributed by atoms with Crippen molar-refractivity contribution in [2.75, 3.05) is 37.8 Å². The lowest BCUT2D eigenvalue weighted by molar-refractivity contribution is 0.322. The molecule has 1 saturated heterocycles. The SMILES string of the molecule is CCCCNc1nc(N)nc2cnn(Cc3ccc(CN4CCCC4)nc3OC)c(=O)c12. The number of ether oxygens (including phenoxy) is 1. The summed E-state index contributed by atoms with van der Waals surface area (Å²) in [4.78, 5) is 28.7. The molecule has 0 aliphatic carbocycles. The van der Waals surface area contributed by atoms with Crippen LogP contribution in [0.3, 0.4) is 0 Å². The van der Waals surface area contributed by atoms with E-state index < -0.39 is 0 Å². The number of nitrogens with one attached hydrogen (secondary N) is 1. The lowest BCUT2D eigenvalue weighted by atomic mass is 10.2. The van der Waals surface area contributed by atoms with Gasteiger partial charge in [0.15, 0.2) is 0 Å². The monoisotopic (exact) mass is 438 g/mol. The van der Waals surface area contributed by atoms with Crippen molar-refractivity contribution in [1.29, 1.82) is 0 Å². The summed E-state index contributed by atoms with van der Waals surface area (Å²) in [5.74, 6) is 1.05. The number of hydrogen-bond donors (Lipinski definition) is 2. The third-order valence-electron chi connectivity index (χ3n) is 5.64. The Hall–Kier alpha value is -3.27. The quantitative estimate of drug-likeness (QED) is 0.483. The predicted molar refractivity (Wildman–Crippen MR) is 124 cm³/mol. The van der Waals surface area contributed by atoms with Gasteiger partial charge >= 0.3 is 0 Å². The zero-order valence-corrected chi connectivity index (χ0v) is 18.7. The second-order valence-corrected chi connectivity index (χ2v) is 8.03. The molecule has 10 nitrogen and oxygen atoms in total. The average molecular weight is 439 g/mol. The molecule has 1 fully saturated rings. The van der Waals surface area contributed by atoms with Crippen molar-refractivity contribution >= 4 is 22.7 Å². The summed E-state index contributed by atoms with van der Waals surface area (Å²) in [6.45, 7) is 6.03. The van der Waals surface area contributed by atoms with E-state index in [1.807, 2.05) is 12.1 Å². The summed E-state index contributed by atoms with van der Waals surface area (Å²) in [5, 5.41) is 7.89. The summed E-state index contributed by atoms with van der Waals surface area (Å²) in [7, 11) is 1.59. The molecular formula is C22H30N8O2. The highest BCUT2D eigenvalue weighted by Gasteiger charge is 2.17. The first kappa shape index (κ1) is 21.9. The van der Waals surface area contributed by atoms with Crippen LogP contribution < -0.4 is 21.3 Å². The average Bonchev–Trinajstić information content (AvgIpc) is 3.29. The lowest BCUT2D eigenvalue weighted by Gasteiger charge is -2.16. The molecule has 0 radical (unpaired) electrons. The van der Waals surface area contributed by atoms with Crippen LogP contribution >= 0.6 is 0 Å². The first-order chi connectivity index (χ1) is 15.6. The second-order valence-electron chi connectivity index (χ2n) is 8.03. The number of pyridine rings is 1. The molecule has 0 atom stereocenters. The molecule has 0 aromatic carbocycles. The van der Waals surface area contributed by atoms with Crippen molar-refractivity contribution in [3.8, 4) is 5.88 Å². The molecule has 32 heavy (non-hydrogen) atoms. The van der Waals surface area contributed by atoms with E-state index in [1.165, 1.54) is 17.5 Å². The molecule has 4 heterocycles. The molecule has 0 spiro atoms. The fraction of sp³-hybridized carbons (Fsp3) is 0.500. The summed E-state index contributed by atoms with van der Waals surface area (Å²) < 4.78 is 6.91. The molecule has 4 rings (SSSR count). The first-order valence-corrected chi connectivity index (χ1v) is 11.1. The molecule has 3 aromatic heterocycles. The number of nitrogens with two attached hydrogens (primary N) is 1. The number of anilines is 2. The Morgan fingerprint density at radius 2 is 1.97 bits per heavy atom. The normalized spacial score (nSPS) is 14.2. The number of hydrogen-bond acceptors (Lipinski definition) is 9. The molecule has 0 saturated carbocycles. The van der Waals surface area contributed by atoms with Gasteiger partial charge in [0.2, 0.25) is 11.8 Å². The van der Waals surface area contributed by atoms with Gasteiger partial charge in [0.25, 0.3) is 5.56 Å². The standard InChI is InChI=1S/C22H30N8O2/c1-3-4-9-24-19-18-17(27-22(23)28-19)12-25-30(21(18)31)13-15-7-8-16(26-20(15)32-2)14-29-10-5-6-11-29/h7-8,12H,3-6,9-11,13-14H2,1-2H3,(H3,23,24,27,28). The Morgan fingerprint density at radius 1 is 1.16 bits per heavy atom. The number of unbranched alkanes of at least 4 members (excludes halogenated alkanes) is 1. The number of likely N-dealkylation sites (tertiary alicyclic amines) is 1. The van der Waals surface area contributed by atoms with E-state index in [-0.39, 0.29) is 18.1 Å². The van der Waals surface area contributed by atoms with Gasteiger partial charge in [-0.2, -0.15) is 10.1 Å². The van der Waals surface area contributed by atoms with Gasteiger partial charge < -0.3 is 15.8 Å². The van der Waals surface area contributed by atoms with Crippen molar-refractivity contribution in [3.05, 3.63) is 39.9 Å². The number of methoxy groups -OCH3 is 1. The van der Waals surface area contributed by atoms with Gasteiger partial charge in [-0.3, -0.25) is 9.69 Å². The highest BCUT2D eigenvalue weighted by atomic mass is 16.5. The molecule has 1 aliphatic heterocycles. The maximum atomic E-state index is 13.3. The second kappa shape index (κ2) is 9.90. The van der Waals surface area contributed by atoms with Gasteiger partial charge in [-0.25, -0.2) is 14.6 Å². The molecule has 0 unspecified atom stereocenters. The molecule has 3 N–H and O–H groups in total. The van der Waals surface area contributed by atoms with Crippen LogP contribution in [0.15, 0.2) is 23.1 Å². The Labute approximate surface area is 186 Å². The van der Waals surface area contributed by atoms with E-state index >= 15 is 0 Å². The topological polar surface area (TPSA) is 124 Å². The van der Waals surface area contributed by atoms with Crippen LogP contribution in [-0.4, -0.2) is 56.4 Å². The highest BCUT2D eigenvalue weighted by Crippen LogP contribution is 2.21. The number of rotatable bonds is 9. The van der Waals surface area contributed by atoms with Crippen molar-refractivity contribution in [2.45, 2.75) is 45.7 Å². The maximum absolute atomic E-state index is 13.3. The minimum Gasteiger partial charge on any atom is -0.481 e. The van der Waals surface area contributed by atoms with Gasteiger partial charge in [0, 0.05) is 18.7 Å². The van der Waals surface area contributed by atoms with Crippen LogP contribution in [0.5, 0.6) is 5.88 Å². The maximum Gasteiger partial charge on any atom is 0.280 e.